The Morgan fingerprint density at radius 1 is 1.38 bits per heavy atom. The number of hydrogen-bond donors (Lipinski definition) is 1. The molecule has 0 amide bonds. The molecule has 0 radical (unpaired) electrons. The minimum Gasteiger partial charge on any atom is -0.488 e. The third-order valence-electron chi connectivity index (χ3n) is 2.64. The van der Waals surface area contributed by atoms with E-state index < -0.39 is 34.5 Å². The molecule has 2 rings (SSSR count). The molecule has 0 unspecified atom stereocenters. The first-order valence-corrected chi connectivity index (χ1v) is 6.58. The highest BCUT2D eigenvalue weighted by atomic mass is 79.9. The summed E-state index contributed by atoms with van der Waals surface area (Å²) < 4.78 is 49.2. The first-order valence-electron chi connectivity index (χ1n) is 5.79. The van der Waals surface area contributed by atoms with Gasteiger partial charge in [-0.3, -0.25) is 9.59 Å². The molecule has 1 aromatic carbocycles. The van der Waals surface area contributed by atoms with Crippen LogP contribution in [0.4, 0.5) is 18.9 Å². The van der Waals surface area contributed by atoms with E-state index in [2.05, 4.69) is 15.9 Å². The zero-order valence-electron chi connectivity index (χ0n) is 10.6. The lowest BCUT2D eigenvalue weighted by atomic mass is 10.1. The molecular weight excluding hydrogens is 359 g/mol. The van der Waals surface area contributed by atoms with Crippen LogP contribution in [0, 0.1) is 0 Å². The highest BCUT2D eigenvalue weighted by Crippen LogP contribution is 2.38. The first kappa shape index (κ1) is 15.6. The zero-order valence-corrected chi connectivity index (χ0v) is 12.2. The average Bonchev–Trinajstić information content (AvgIpc) is 2.82. The summed E-state index contributed by atoms with van der Waals surface area (Å²) in [4.78, 5) is 22.6. The molecule has 21 heavy (non-hydrogen) atoms. The molecule has 0 aliphatic carbocycles. The highest BCUT2D eigenvalue weighted by molar-refractivity contribution is 9.10. The van der Waals surface area contributed by atoms with Gasteiger partial charge in [-0.2, -0.15) is 13.2 Å². The molecule has 114 valence electrons. The molecule has 1 N–H and O–H groups in total. The second kappa shape index (κ2) is 5.55. The predicted octanol–water partition coefficient (Wildman–Crippen LogP) is 2.75. The van der Waals surface area contributed by atoms with Crippen molar-refractivity contribution in [2.24, 2.45) is 0 Å². The van der Waals surface area contributed by atoms with Crippen LogP contribution < -0.4 is 20.9 Å². The van der Waals surface area contributed by atoms with Gasteiger partial charge < -0.3 is 14.5 Å². The van der Waals surface area contributed by atoms with E-state index in [4.69, 9.17) is 9.15 Å². The second-order valence-corrected chi connectivity index (χ2v) is 5.00. The third kappa shape index (κ3) is 2.97. The maximum Gasteiger partial charge on any atom is 0.415 e. The van der Waals surface area contributed by atoms with Crippen molar-refractivity contribution < 1.29 is 22.3 Å². The molecule has 1 atom stereocenters. The van der Waals surface area contributed by atoms with Crippen LogP contribution in [0.15, 0.2) is 30.8 Å². The smallest absolute Gasteiger partial charge is 0.415 e. The van der Waals surface area contributed by atoms with Crippen LogP contribution in [0.5, 0.6) is 5.75 Å². The van der Waals surface area contributed by atoms with Crippen LogP contribution >= 0.6 is 15.9 Å². The first-order chi connectivity index (χ1) is 9.75. The Bertz CT molecular complexity index is 715. The SMILES string of the molecule is CCOc1c(N[C@@H](c2cc(Br)co2)C(F)(F)F)c(=O)c1=O. The van der Waals surface area contributed by atoms with Gasteiger partial charge in [-0.25, -0.2) is 0 Å². The Hall–Kier alpha value is -1.77. The lowest BCUT2D eigenvalue weighted by Gasteiger charge is -2.22. The normalized spacial score (nSPS) is 13.4. The molecule has 0 aliphatic rings. The molecule has 5 nitrogen and oxygen atoms in total. The van der Waals surface area contributed by atoms with Gasteiger partial charge in [0.25, 0.3) is 10.9 Å². The monoisotopic (exact) mass is 367 g/mol. The number of halogens is 4. The van der Waals surface area contributed by atoms with E-state index in [-0.39, 0.29) is 12.4 Å². The Balaban J connectivity index is 2.35. The maximum absolute atomic E-state index is 13.1. The van der Waals surface area contributed by atoms with Crippen molar-refractivity contribution in [3.05, 3.63) is 43.0 Å². The van der Waals surface area contributed by atoms with Gasteiger partial charge in [0.15, 0.2) is 11.8 Å². The molecule has 2 aromatic rings. The molecule has 0 bridgehead atoms. The van der Waals surface area contributed by atoms with Gasteiger partial charge in [-0.1, -0.05) is 0 Å². The van der Waals surface area contributed by atoms with Crippen molar-refractivity contribution in [1.29, 1.82) is 0 Å². The summed E-state index contributed by atoms with van der Waals surface area (Å²) in [7, 11) is 0. The van der Waals surface area contributed by atoms with Crippen LogP contribution in [-0.4, -0.2) is 12.8 Å². The van der Waals surface area contributed by atoms with Gasteiger partial charge in [0.05, 0.1) is 11.1 Å². The van der Waals surface area contributed by atoms with Crippen LogP contribution in [0.1, 0.15) is 18.7 Å². The average molecular weight is 368 g/mol. The molecule has 0 saturated heterocycles. The number of ether oxygens (including phenoxy) is 1. The van der Waals surface area contributed by atoms with Crippen molar-refractivity contribution >= 4 is 21.6 Å². The summed E-state index contributed by atoms with van der Waals surface area (Å²) in [6.45, 7) is 1.61. The van der Waals surface area contributed by atoms with Crippen molar-refractivity contribution in [3.63, 3.8) is 0 Å². The fraction of sp³-hybridized carbons (Fsp3) is 0.333. The van der Waals surface area contributed by atoms with Crippen molar-refractivity contribution in [3.8, 4) is 5.75 Å². The van der Waals surface area contributed by atoms with Crippen LogP contribution in [0.25, 0.3) is 0 Å². The van der Waals surface area contributed by atoms with Gasteiger partial charge in [-0.15, -0.1) is 0 Å². The van der Waals surface area contributed by atoms with Crippen LogP contribution in [0.2, 0.25) is 0 Å². The van der Waals surface area contributed by atoms with E-state index in [1.165, 1.54) is 0 Å². The summed E-state index contributed by atoms with van der Waals surface area (Å²) in [5, 5.41) is 1.98. The van der Waals surface area contributed by atoms with E-state index in [0.29, 0.717) is 4.47 Å². The summed E-state index contributed by atoms with van der Waals surface area (Å²) in [5.74, 6) is -0.827. The number of alkyl halides is 3. The molecule has 0 saturated carbocycles. The molecule has 1 aromatic heterocycles. The quantitative estimate of drug-likeness (QED) is 0.823. The zero-order chi connectivity index (χ0) is 15.8. The minimum atomic E-state index is -4.72. The summed E-state index contributed by atoms with van der Waals surface area (Å²) in [6.07, 6.45) is -3.64. The van der Waals surface area contributed by atoms with Crippen molar-refractivity contribution in [2.75, 3.05) is 11.9 Å². The van der Waals surface area contributed by atoms with E-state index >= 15 is 0 Å². The Morgan fingerprint density at radius 3 is 2.52 bits per heavy atom. The molecule has 0 spiro atoms. The van der Waals surface area contributed by atoms with Crippen LogP contribution in [-0.2, 0) is 0 Å². The molecule has 9 heteroatoms. The Labute approximate surface area is 124 Å². The van der Waals surface area contributed by atoms with Crippen LogP contribution in [0.3, 0.4) is 0 Å². The van der Waals surface area contributed by atoms with Gasteiger partial charge >= 0.3 is 6.18 Å². The topological polar surface area (TPSA) is 68.5 Å². The van der Waals surface area contributed by atoms with Gasteiger partial charge in [-0.05, 0) is 28.9 Å². The number of anilines is 1. The maximum atomic E-state index is 13.1. The lowest BCUT2D eigenvalue weighted by molar-refractivity contribution is -0.147. The number of hydrogen-bond acceptors (Lipinski definition) is 5. The van der Waals surface area contributed by atoms with Crippen molar-refractivity contribution in [2.45, 2.75) is 19.1 Å². The van der Waals surface area contributed by atoms with E-state index in [0.717, 1.165) is 12.3 Å². The highest BCUT2D eigenvalue weighted by Gasteiger charge is 2.44. The summed E-state index contributed by atoms with van der Waals surface area (Å²) in [5.41, 5.74) is -2.48. The molecule has 1 heterocycles. The van der Waals surface area contributed by atoms with Gasteiger partial charge in [0.2, 0.25) is 0 Å². The fourth-order valence-corrected chi connectivity index (χ4v) is 2.04. The Morgan fingerprint density at radius 2 is 2.05 bits per heavy atom. The predicted molar refractivity (Wildman–Crippen MR) is 71.3 cm³/mol. The second-order valence-electron chi connectivity index (χ2n) is 4.08. The molecule has 0 fully saturated rings. The standard InChI is InChI=1S/C12H9BrF3NO4/c1-2-20-10-7(8(18)9(10)19)17-11(12(14,15)16)6-3-5(13)4-21-6/h3-4,11,17H,2H2,1H3/t11-/m0/s1. The van der Waals surface area contributed by atoms with Gasteiger partial charge in [0, 0.05) is 0 Å². The molecule has 0 aliphatic heterocycles. The fourth-order valence-electron chi connectivity index (χ4n) is 1.72. The molecular formula is C12H9BrF3NO4. The number of nitrogens with one attached hydrogen (secondary N) is 1. The van der Waals surface area contributed by atoms with E-state index in [9.17, 15) is 22.8 Å². The third-order valence-corrected chi connectivity index (χ3v) is 3.06. The van der Waals surface area contributed by atoms with Gasteiger partial charge in [0.1, 0.15) is 17.7 Å². The summed E-state index contributed by atoms with van der Waals surface area (Å²) >= 11 is 2.98. The summed E-state index contributed by atoms with van der Waals surface area (Å²) in [6, 6.07) is -1.14. The lowest BCUT2D eigenvalue weighted by Crippen LogP contribution is -2.39. The Kier molecular flexibility index (Phi) is 4.13. The number of furan rings is 1. The van der Waals surface area contributed by atoms with Crippen molar-refractivity contribution in [1.82, 2.24) is 0 Å². The van der Waals surface area contributed by atoms with E-state index in [1.54, 1.807) is 6.92 Å². The number of rotatable bonds is 5. The largest absolute Gasteiger partial charge is 0.488 e. The minimum absolute atomic E-state index is 0.0581. The van der Waals surface area contributed by atoms with E-state index in [1.807, 2.05) is 5.32 Å².